The standard InChI is InChI=1S/C11H15F3N2/c1-7(2)6-16-10-4-3-8(15)5-9(10)11(12,13)14/h3-5,7,16H,6,15H2,1-2H3. The van der Waals surface area contributed by atoms with E-state index in [2.05, 4.69) is 5.32 Å². The molecule has 0 unspecified atom stereocenters. The number of nitrogen functional groups attached to an aromatic ring is 1. The molecule has 0 aliphatic heterocycles. The maximum atomic E-state index is 12.7. The fourth-order valence-corrected chi connectivity index (χ4v) is 1.26. The van der Waals surface area contributed by atoms with Crippen LogP contribution in [-0.2, 0) is 6.18 Å². The number of nitrogens with two attached hydrogens (primary N) is 1. The number of hydrogen-bond acceptors (Lipinski definition) is 2. The molecule has 1 aromatic carbocycles. The second-order valence-corrected chi connectivity index (χ2v) is 4.08. The number of hydrogen-bond donors (Lipinski definition) is 2. The van der Waals surface area contributed by atoms with E-state index >= 15 is 0 Å². The van der Waals surface area contributed by atoms with Gasteiger partial charge in [-0.25, -0.2) is 0 Å². The van der Waals surface area contributed by atoms with Crippen LogP contribution in [0, 0.1) is 5.92 Å². The SMILES string of the molecule is CC(C)CNc1ccc(N)cc1C(F)(F)F. The van der Waals surface area contributed by atoms with Crippen molar-refractivity contribution in [3.8, 4) is 0 Å². The lowest BCUT2D eigenvalue weighted by Gasteiger charge is -2.16. The van der Waals surface area contributed by atoms with E-state index in [1.165, 1.54) is 12.1 Å². The van der Waals surface area contributed by atoms with E-state index in [9.17, 15) is 13.2 Å². The third-order valence-corrected chi connectivity index (χ3v) is 2.05. The molecule has 5 heteroatoms. The number of halogens is 3. The quantitative estimate of drug-likeness (QED) is 0.784. The molecule has 3 N–H and O–H groups in total. The molecule has 0 fully saturated rings. The van der Waals surface area contributed by atoms with Gasteiger partial charge in [-0.1, -0.05) is 13.8 Å². The zero-order chi connectivity index (χ0) is 12.3. The van der Waals surface area contributed by atoms with Crippen molar-refractivity contribution in [2.24, 2.45) is 5.92 Å². The van der Waals surface area contributed by atoms with Crippen molar-refractivity contribution in [2.45, 2.75) is 20.0 Å². The van der Waals surface area contributed by atoms with Crippen molar-refractivity contribution in [3.05, 3.63) is 23.8 Å². The smallest absolute Gasteiger partial charge is 0.399 e. The van der Waals surface area contributed by atoms with Crippen LogP contribution >= 0.6 is 0 Å². The molecule has 0 aliphatic carbocycles. The van der Waals surface area contributed by atoms with Crippen LogP contribution in [0.2, 0.25) is 0 Å². The van der Waals surface area contributed by atoms with Gasteiger partial charge in [0.05, 0.1) is 5.56 Å². The normalized spacial score (nSPS) is 11.9. The molecular formula is C11H15F3N2. The van der Waals surface area contributed by atoms with E-state index in [1.54, 1.807) is 0 Å². The van der Waals surface area contributed by atoms with Gasteiger partial charge in [0.1, 0.15) is 0 Å². The Bertz CT molecular complexity index is 359. The maximum absolute atomic E-state index is 12.7. The minimum atomic E-state index is -4.38. The van der Waals surface area contributed by atoms with E-state index in [0.717, 1.165) is 6.07 Å². The van der Waals surface area contributed by atoms with Crippen molar-refractivity contribution in [1.29, 1.82) is 0 Å². The second kappa shape index (κ2) is 4.63. The van der Waals surface area contributed by atoms with Crippen LogP contribution in [0.25, 0.3) is 0 Å². The Morgan fingerprint density at radius 2 is 1.94 bits per heavy atom. The lowest BCUT2D eigenvalue weighted by molar-refractivity contribution is -0.136. The van der Waals surface area contributed by atoms with Gasteiger partial charge >= 0.3 is 6.18 Å². The highest BCUT2D eigenvalue weighted by Gasteiger charge is 2.33. The molecule has 90 valence electrons. The van der Waals surface area contributed by atoms with Gasteiger partial charge in [0.2, 0.25) is 0 Å². The number of nitrogens with one attached hydrogen (secondary N) is 1. The second-order valence-electron chi connectivity index (χ2n) is 4.08. The fourth-order valence-electron chi connectivity index (χ4n) is 1.26. The summed E-state index contributed by atoms with van der Waals surface area (Å²) in [7, 11) is 0. The number of rotatable bonds is 3. The van der Waals surface area contributed by atoms with Crippen LogP contribution in [0.4, 0.5) is 24.5 Å². The molecule has 0 radical (unpaired) electrons. The summed E-state index contributed by atoms with van der Waals surface area (Å²) in [6.07, 6.45) is -4.38. The first-order chi connectivity index (χ1) is 7.30. The third kappa shape index (κ3) is 3.32. The van der Waals surface area contributed by atoms with E-state index in [0.29, 0.717) is 6.54 Å². The van der Waals surface area contributed by atoms with E-state index in [4.69, 9.17) is 5.73 Å². The molecule has 0 bridgehead atoms. The molecule has 16 heavy (non-hydrogen) atoms. The van der Waals surface area contributed by atoms with Crippen LogP contribution in [0.5, 0.6) is 0 Å². The average molecular weight is 232 g/mol. The van der Waals surface area contributed by atoms with Gasteiger partial charge in [0, 0.05) is 17.9 Å². The summed E-state index contributed by atoms with van der Waals surface area (Å²) in [6, 6.07) is 3.76. The first-order valence-corrected chi connectivity index (χ1v) is 5.01. The summed E-state index contributed by atoms with van der Waals surface area (Å²) in [5.74, 6) is 0.277. The summed E-state index contributed by atoms with van der Waals surface area (Å²) >= 11 is 0. The summed E-state index contributed by atoms with van der Waals surface area (Å²) < 4.78 is 38.0. The highest BCUT2D eigenvalue weighted by Crippen LogP contribution is 2.36. The molecule has 0 aliphatic rings. The number of anilines is 2. The zero-order valence-corrected chi connectivity index (χ0v) is 9.23. The minimum Gasteiger partial charge on any atom is -0.399 e. The molecule has 0 atom stereocenters. The van der Waals surface area contributed by atoms with Gasteiger partial charge in [-0.05, 0) is 24.1 Å². The summed E-state index contributed by atoms with van der Waals surface area (Å²) in [5.41, 5.74) is 4.83. The van der Waals surface area contributed by atoms with Gasteiger partial charge in [-0.3, -0.25) is 0 Å². The van der Waals surface area contributed by atoms with Crippen molar-refractivity contribution in [2.75, 3.05) is 17.6 Å². The predicted octanol–water partition coefficient (Wildman–Crippen LogP) is 3.36. The van der Waals surface area contributed by atoms with Gasteiger partial charge in [0.25, 0.3) is 0 Å². The van der Waals surface area contributed by atoms with Crippen LogP contribution < -0.4 is 11.1 Å². The van der Waals surface area contributed by atoms with Crippen molar-refractivity contribution < 1.29 is 13.2 Å². The summed E-state index contributed by atoms with van der Waals surface area (Å²) in [6.45, 7) is 4.35. The summed E-state index contributed by atoms with van der Waals surface area (Å²) in [4.78, 5) is 0. The van der Waals surface area contributed by atoms with Crippen LogP contribution in [0.3, 0.4) is 0 Å². The molecule has 1 rings (SSSR count). The van der Waals surface area contributed by atoms with Gasteiger partial charge in [0.15, 0.2) is 0 Å². The maximum Gasteiger partial charge on any atom is 0.418 e. The minimum absolute atomic E-state index is 0.0791. The Kier molecular flexibility index (Phi) is 3.67. The van der Waals surface area contributed by atoms with E-state index in [-0.39, 0.29) is 17.3 Å². The topological polar surface area (TPSA) is 38.0 Å². The lowest BCUT2D eigenvalue weighted by Crippen LogP contribution is -2.14. The highest BCUT2D eigenvalue weighted by molar-refractivity contribution is 5.59. The molecule has 0 aromatic heterocycles. The molecule has 0 heterocycles. The van der Waals surface area contributed by atoms with Gasteiger partial charge in [-0.15, -0.1) is 0 Å². The fraction of sp³-hybridized carbons (Fsp3) is 0.455. The molecule has 2 nitrogen and oxygen atoms in total. The molecule has 0 spiro atoms. The van der Waals surface area contributed by atoms with E-state index in [1.807, 2.05) is 13.8 Å². The molecule has 0 saturated carbocycles. The largest absolute Gasteiger partial charge is 0.418 e. The van der Waals surface area contributed by atoms with Gasteiger partial charge < -0.3 is 11.1 Å². The zero-order valence-electron chi connectivity index (χ0n) is 9.23. The Hall–Kier alpha value is -1.39. The van der Waals surface area contributed by atoms with Crippen LogP contribution in [0.15, 0.2) is 18.2 Å². The molecule has 1 aromatic rings. The molecule has 0 saturated heterocycles. The monoisotopic (exact) mass is 232 g/mol. The first-order valence-electron chi connectivity index (χ1n) is 5.01. The first kappa shape index (κ1) is 12.7. The van der Waals surface area contributed by atoms with E-state index < -0.39 is 11.7 Å². The summed E-state index contributed by atoms with van der Waals surface area (Å²) in [5, 5.41) is 2.77. The Morgan fingerprint density at radius 1 is 1.31 bits per heavy atom. The highest BCUT2D eigenvalue weighted by atomic mass is 19.4. The molecular weight excluding hydrogens is 217 g/mol. The van der Waals surface area contributed by atoms with Crippen molar-refractivity contribution in [3.63, 3.8) is 0 Å². The number of benzene rings is 1. The lowest BCUT2D eigenvalue weighted by atomic mass is 10.1. The predicted molar refractivity (Wildman–Crippen MR) is 59.2 cm³/mol. The Morgan fingerprint density at radius 3 is 2.44 bits per heavy atom. The average Bonchev–Trinajstić information content (AvgIpc) is 2.14. The third-order valence-electron chi connectivity index (χ3n) is 2.05. The van der Waals surface area contributed by atoms with Gasteiger partial charge in [-0.2, -0.15) is 13.2 Å². The van der Waals surface area contributed by atoms with Crippen LogP contribution in [0.1, 0.15) is 19.4 Å². The van der Waals surface area contributed by atoms with Crippen molar-refractivity contribution in [1.82, 2.24) is 0 Å². The Labute approximate surface area is 92.6 Å². The van der Waals surface area contributed by atoms with Crippen LogP contribution in [-0.4, -0.2) is 6.54 Å². The van der Waals surface area contributed by atoms with Crippen molar-refractivity contribution >= 4 is 11.4 Å². The molecule has 0 amide bonds. The Balaban J connectivity index is 2.99. The number of alkyl halides is 3.